The van der Waals surface area contributed by atoms with E-state index in [1.165, 1.54) is 6.92 Å². The van der Waals surface area contributed by atoms with Gasteiger partial charge in [-0.1, -0.05) is 6.92 Å². The largest absolute Gasteiger partial charge is 0.382 e. The molecule has 0 aliphatic rings. The molecule has 0 aromatic heterocycles. The van der Waals surface area contributed by atoms with Crippen molar-refractivity contribution >= 4 is 11.6 Å². The summed E-state index contributed by atoms with van der Waals surface area (Å²) < 4.78 is 26.5. The van der Waals surface area contributed by atoms with Crippen molar-refractivity contribution in [3.63, 3.8) is 0 Å². The number of primary amides is 1. The van der Waals surface area contributed by atoms with Gasteiger partial charge < -0.3 is 11.1 Å². The van der Waals surface area contributed by atoms with E-state index in [9.17, 15) is 13.6 Å². The first-order valence-corrected chi connectivity index (χ1v) is 4.90. The molecule has 0 spiro atoms. The maximum absolute atomic E-state index is 13.3. The molecule has 5 heteroatoms. The number of carbonyl (C=O) groups is 1. The molecule has 0 saturated heterocycles. The molecule has 1 atom stereocenters. The molecule has 88 valence electrons. The second-order valence-corrected chi connectivity index (χ2v) is 3.77. The molecule has 0 fully saturated rings. The number of hydrogen-bond donors (Lipinski definition) is 2. The van der Waals surface area contributed by atoms with Gasteiger partial charge in [-0.2, -0.15) is 0 Å². The number of carbonyl (C=O) groups excluding carboxylic acids is 1. The summed E-state index contributed by atoms with van der Waals surface area (Å²) in [6.45, 7) is 3.26. The van der Waals surface area contributed by atoms with Gasteiger partial charge in [0.15, 0.2) is 0 Å². The van der Waals surface area contributed by atoms with Gasteiger partial charge in [-0.3, -0.25) is 4.79 Å². The van der Waals surface area contributed by atoms with Gasteiger partial charge in [-0.25, -0.2) is 8.78 Å². The Kier molecular flexibility index (Phi) is 3.82. The second-order valence-electron chi connectivity index (χ2n) is 3.77. The Morgan fingerprint density at radius 3 is 2.62 bits per heavy atom. The molecule has 1 unspecified atom stereocenters. The van der Waals surface area contributed by atoms with Crippen LogP contribution < -0.4 is 11.1 Å². The van der Waals surface area contributed by atoms with E-state index in [1.807, 2.05) is 0 Å². The molecule has 0 heterocycles. The maximum Gasteiger partial charge on any atom is 0.222 e. The van der Waals surface area contributed by atoms with Gasteiger partial charge in [-0.05, 0) is 18.6 Å². The predicted molar refractivity (Wildman–Crippen MR) is 57.9 cm³/mol. The standard InChI is InChI=1S/C11H14F2N2O/c1-6-3-9(13)10(4-8(6)12)15-5-7(2)11(14)16/h3-4,7,15H,5H2,1-2H3,(H2,14,16). The van der Waals surface area contributed by atoms with Gasteiger partial charge in [0, 0.05) is 12.6 Å². The van der Waals surface area contributed by atoms with Crippen molar-refractivity contribution in [2.45, 2.75) is 13.8 Å². The molecule has 0 saturated carbocycles. The molecule has 1 aromatic carbocycles. The Morgan fingerprint density at radius 1 is 1.44 bits per heavy atom. The molecule has 3 N–H and O–H groups in total. The minimum atomic E-state index is -0.546. The molecular formula is C11H14F2N2O. The lowest BCUT2D eigenvalue weighted by molar-refractivity contribution is -0.120. The van der Waals surface area contributed by atoms with E-state index in [4.69, 9.17) is 5.73 Å². The van der Waals surface area contributed by atoms with Gasteiger partial charge in [0.2, 0.25) is 5.91 Å². The van der Waals surface area contributed by atoms with Crippen molar-refractivity contribution < 1.29 is 13.6 Å². The molecule has 1 aromatic rings. The summed E-state index contributed by atoms with van der Waals surface area (Å²) >= 11 is 0. The van der Waals surface area contributed by atoms with Crippen molar-refractivity contribution in [3.8, 4) is 0 Å². The maximum atomic E-state index is 13.3. The molecular weight excluding hydrogens is 214 g/mol. The number of nitrogens with one attached hydrogen (secondary N) is 1. The zero-order valence-corrected chi connectivity index (χ0v) is 9.18. The molecule has 1 amide bonds. The van der Waals surface area contributed by atoms with E-state index in [1.54, 1.807) is 6.92 Å². The summed E-state index contributed by atoms with van der Waals surface area (Å²) in [5, 5.41) is 2.65. The third-order valence-electron chi connectivity index (χ3n) is 2.33. The average Bonchev–Trinajstić information content (AvgIpc) is 2.20. The van der Waals surface area contributed by atoms with E-state index < -0.39 is 23.5 Å². The summed E-state index contributed by atoms with van der Waals surface area (Å²) in [5.41, 5.74) is 5.33. The third-order valence-corrected chi connectivity index (χ3v) is 2.33. The molecule has 1 rings (SSSR count). The van der Waals surface area contributed by atoms with Crippen LogP contribution in [0.15, 0.2) is 12.1 Å². The fourth-order valence-corrected chi connectivity index (χ4v) is 1.15. The van der Waals surface area contributed by atoms with Crippen LogP contribution in [0, 0.1) is 24.5 Å². The molecule has 16 heavy (non-hydrogen) atoms. The lowest BCUT2D eigenvalue weighted by atomic mass is 10.1. The highest BCUT2D eigenvalue weighted by Gasteiger charge is 2.11. The normalized spacial score (nSPS) is 12.2. The van der Waals surface area contributed by atoms with Gasteiger partial charge in [0.1, 0.15) is 11.6 Å². The monoisotopic (exact) mass is 228 g/mol. The zero-order valence-electron chi connectivity index (χ0n) is 9.18. The van der Waals surface area contributed by atoms with Crippen LogP contribution in [-0.4, -0.2) is 12.5 Å². The predicted octanol–water partition coefficient (Wildman–Crippen LogP) is 1.81. The first-order valence-electron chi connectivity index (χ1n) is 4.90. The summed E-state index contributed by atoms with van der Waals surface area (Å²) in [6, 6.07) is 2.17. The van der Waals surface area contributed by atoms with Gasteiger partial charge in [0.25, 0.3) is 0 Å². The summed E-state index contributed by atoms with van der Waals surface area (Å²) in [6.07, 6.45) is 0. The number of anilines is 1. The fourth-order valence-electron chi connectivity index (χ4n) is 1.15. The number of benzene rings is 1. The van der Waals surface area contributed by atoms with Crippen LogP contribution in [0.4, 0.5) is 14.5 Å². The first kappa shape index (κ1) is 12.4. The van der Waals surface area contributed by atoms with Gasteiger partial charge >= 0.3 is 0 Å². The lowest BCUT2D eigenvalue weighted by Crippen LogP contribution is -2.27. The topological polar surface area (TPSA) is 55.1 Å². The average molecular weight is 228 g/mol. The van der Waals surface area contributed by atoms with Crippen molar-refractivity contribution in [1.29, 1.82) is 0 Å². The highest BCUT2D eigenvalue weighted by molar-refractivity contribution is 5.76. The van der Waals surface area contributed by atoms with Crippen LogP contribution >= 0.6 is 0 Å². The van der Waals surface area contributed by atoms with Crippen LogP contribution in [-0.2, 0) is 4.79 Å². The Balaban J connectivity index is 2.74. The Hall–Kier alpha value is -1.65. The molecule has 0 bridgehead atoms. The number of amides is 1. The van der Waals surface area contributed by atoms with E-state index >= 15 is 0 Å². The number of hydrogen-bond acceptors (Lipinski definition) is 2. The van der Waals surface area contributed by atoms with Gasteiger partial charge in [0.05, 0.1) is 11.6 Å². The van der Waals surface area contributed by atoms with Crippen LogP contribution in [0.3, 0.4) is 0 Å². The number of aryl methyl sites for hydroxylation is 1. The van der Waals surface area contributed by atoms with Crippen LogP contribution in [0.5, 0.6) is 0 Å². The summed E-state index contributed by atoms with van der Waals surface area (Å²) in [5.74, 6) is -1.96. The zero-order chi connectivity index (χ0) is 12.3. The van der Waals surface area contributed by atoms with Crippen LogP contribution in [0.25, 0.3) is 0 Å². The Labute approximate surface area is 92.6 Å². The van der Waals surface area contributed by atoms with E-state index in [0.717, 1.165) is 12.1 Å². The smallest absolute Gasteiger partial charge is 0.222 e. The van der Waals surface area contributed by atoms with Crippen molar-refractivity contribution in [1.82, 2.24) is 0 Å². The Bertz CT molecular complexity index is 407. The Morgan fingerprint density at radius 2 is 2.06 bits per heavy atom. The minimum Gasteiger partial charge on any atom is -0.382 e. The van der Waals surface area contributed by atoms with Crippen LogP contribution in [0.1, 0.15) is 12.5 Å². The van der Waals surface area contributed by atoms with E-state index in [2.05, 4.69) is 5.32 Å². The molecule has 0 aliphatic heterocycles. The number of halogens is 2. The van der Waals surface area contributed by atoms with Crippen molar-refractivity contribution in [2.24, 2.45) is 11.7 Å². The van der Waals surface area contributed by atoms with E-state index in [-0.39, 0.29) is 17.8 Å². The van der Waals surface area contributed by atoms with E-state index in [0.29, 0.717) is 0 Å². The highest BCUT2D eigenvalue weighted by atomic mass is 19.1. The lowest BCUT2D eigenvalue weighted by Gasteiger charge is -2.11. The first-order chi connectivity index (χ1) is 7.41. The van der Waals surface area contributed by atoms with Crippen molar-refractivity contribution in [2.75, 3.05) is 11.9 Å². The molecule has 0 radical (unpaired) electrons. The van der Waals surface area contributed by atoms with Crippen molar-refractivity contribution in [3.05, 3.63) is 29.3 Å². The molecule has 0 aliphatic carbocycles. The van der Waals surface area contributed by atoms with Gasteiger partial charge in [-0.15, -0.1) is 0 Å². The highest BCUT2D eigenvalue weighted by Crippen LogP contribution is 2.18. The number of nitrogens with two attached hydrogens (primary N) is 1. The third kappa shape index (κ3) is 2.92. The fraction of sp³-hybridized carbons (Fsp3) is 0.364. The minimum absolute atomic E-state index is 0.0381. The summed E-state index contributed by atoms with van der Waals surface area (Å²) in [4.78, 5) is 10.7. The molecule has 3 nitrogen and oxygen atoms in total. The number of rotatable bonds is 4. The second kappa shape index (κ2) is 4.92. The SMILES string of the molecule is Cc1cc(F)c(NCC(C)C(N)=O)cc1F. The quantitative estimate of drug-likeness (QED) is 0.825. The summed E-state index contributed by atoms with van der Waals surface area (Å²) in [7, 11) is 0. The van der Waals surface area contributed by atoms with Crippen LogP contribution in [0.2, 0.25) is 0 Å².